The molecular weight excluding hydrogens is 364 g/mol. The molecule has 0 aromatic heterocycles. The van der Waals surface area contributed by atoms with Crippen LogP contribution in [0.3, 0.4) is 0 Å². The fourth-order valence-electron chi connectivity index (χ4n) is 2.63. The van der Waals surface area contributed by atoms with E-state index in [-0.39, 0.29) is 11.9 Å². The normalized spacial score (nSPS) is 10.8. The molecule has 27 heavy (non-hydrogen) atoms. The van der Waals surface area contributed by atoms with Gasteiger partial charge in [0.2, 0.25) is 0 Å². The Bertz CT molecular complexity index is 557. The van der Waals surface area contributed by atoms with Crippen LogP contribution >= 0.6 is 11.6 Å². The van der Waals surface area contributed by atoms with Gasteiger partial charge < -0.3 is 9.47 Å². The molecule has 0 aliphatic rings. The van der Waals surface area contributed by atoms with Crippen molar-refractivity contribution < 1.29 is 19.1 Å². The first-order valence-corrected chi connectivity index (χ1v) is 10.4. The molecule has 0 spiro atoms. The third-order valence-corrected chi connectivity index (χ3v) is 4.55. The first-order valence-electron chi connectivity index (χ1n) is 10.0. The smallest absolute Gasteiger partial charge is 0.305 e. The van der Waals surface area contributed by atoms with Crippen LogP contribution in [0.15, 0.2) is 24.3 Å². The molecule has 0 radical (unpaired) electrons. The molecule has 4 nitrogen and oxygen atoms in total. The number of hydrogen-bond acceptors (Lipinski definition) is 4. The largest absolute Gasteiger partial charge is 0.465 e. The lowest BCUT2D eigenvalue weighted by atomic mass is 10.1. The molecule has 0 bridgehead atoms. The summed E-state index contributed by atoms with van der Waals surface area (Å²) in [5.74, 6) is 0.148. The van der Waals surface area contributed by atoms with Crippen LogP contribution < -0.4 is 0 Å². The summed E-state index contributed by atoms with van der Waals surface area (Å²) in [5, 5.41) is 0.710. The zero-order valence-corrected chi connectivity index (χ0v) is 17.4. The van der Waals surface area contributed by atoms with Gasteiger partial charge in [-0.1, -0.05) is 69.3 Å². The van der Waals surface area contributed by atoms with Crippen LogP contribution in [-0.4, -0.2) is 25.2 Å². The topological polar surface area (TPSA) is 52.6 Å². The Balaban J connectivity index is 1.92. The van der Waals surface area contributed by atoms with E-state index in [2.05, 4.69) is 0 Å². The molecule has 0 saturated carbocycles. The van der Waals surface area contributed by atoms with Crippen molar-refractivity contribution in [1.82, 2.24) is 0 Å². The lowest BCUT2D eigenvalue weighted by Gasteiger charge is -2.07. The lowest BCUT2D eigenvalue weighted by Crippen LogP contribution is -2.09. The molecule has 0 saturated heterocycles. The summed E-state index contributed by atoms with van der Waals surface area (Å²) in [6.45, 7) is 4.94. The number of carbonyl (C=O) groups excluding carboxylic acids is 2. The summed E-state index contributed by atoms with van der Waals surface area (Å²) in [7, 11) is 0. The highest BCUT2D eigenvalue weighted by molar-refractivity contribution is 6.31. The Morgan fingerprint density at radius 3 is 2.04 bits per heavy atom. The summed E-state index contributed by atoms with van der Waals surface area (Å²) >= 11 is 6.07. The minimum absolute atomic E-state index is 0.0942. The van der Waals surface area contributed by atoms with Crippen LogP contribution in [0.5, 0.6) is 0 Å². The van der Waals surface area contributed by atoms with Crippen molar-refractivity contribution in [3.05, 3.63) is 34.9 Å². The zero-order chi connectivity index (χ0) is 19.9. The second kappa shape index (κ2) is 14.5. The van der Waals surface area contributed by atoms with Gasteiger partial charge in [0.05, 0.1) is 13.2 Å². The first kappa shape index (κ1) is 23.5. The fourth-order valence-corrected chi connectivity index (χ4v) is 2.86. The maximum absolute atomic E-state index is 11.7. The maximum Gasteiger partial charge on any atom is 0.305 e. The highest BCUT2D eigenvalue weighted by Gasteiger charge is 2.06. The van der Waals surface area contributed by atoms with E-state index in [4.69, 9.17) is 21.1 Å². The van der Waals surface area contributed by atoms with Gasteiger partial charge >= 0.3 is 11.9 Å². The van der Waals surface area contributed by atoms with Crippen LogP contribution in [0.4, 0.5) is 0 Å². The number of benzene rings is 1. The average Bonchev–Trinajstić information content (AvgIpc) is 2.63. The monoisotopic (exact) mass is 396 g/mol. The fraction of sp³-hybridized carbons (Fsp3) is 0.636. The van der Waals surface area contributed by atoms with E-state index in [1.54, 1.807) is 0 Å². The molecule has 0 fully saturated rings. The molecule has 1 aromatic carbocycles. The van der Waals surface area contributed by atoms with Gasteiger partial charge in [0.1, 0.15) is 0 Å². The van der Waals surface area contributed by atoms with Crippen LogP contribution in [0.2, 0.25) is 5.02 Å². The van der Waals surface area contributed by atoms with Crippen molar-refractivity contribution in [3.8, 4) is 0 Å². The van der Waals surface area contributed by atoms with Gasteiger partial charge in [-0.25, -0.2) is 0 Å². The van der Waals surface area contributed by atoms with E-state index in [9.17, 15) is 9.59 Å². The molecule has 5 heteroatoms. The number of esters is 2. The third kappa shape index (κ3) is 12.5. The molecule has 0 heterocycles. The van der Waals surface area contributed by atoms with Crippen LogP contribution in [0.25, 0.3) is 0 Å². The SMILES string of the molecule is CC(C)COC(=O)CCCCCCCCC(=O)OCCc1ccccc1Cl. The van der Waals surface area contributed by atoms with Gasteiger partial charge in [-0.05, 0) is 30.4 Å². The highest BCUT2D eigenvalue weighted by atomic mass is 35.5. The van der Waals surface area contributed by atoms with Gasteiger partial charge in [0.25, 0.3) is 0 Å². The average molecular weight is 397 g/mol. The minimum Gasteiger partial charge on any atom is -0.465 e. The number of carbonyl (C=O) groups is 2. The first-order chi connectivity index (χ1) is 13.0. The van der Waals surface area contributed by atoms with Crippen LogP contribution in [0.1, 0.15) is 70.8 Å². The summed E-state index contributed by atoms with van der Waals surface area (Å²) in [6, 6.07) is 7.60. The number of rotatable bonds is 14. The standard InChI is InChI=1S/C22H33ClO4/c1-18(2)17-27-22(25)14-8-6-4-3-5-7-13-21(24)26-16-15-19-11-9-10-12-20(19)23/h9-12,18H,3-8,13-17H2,1-2H3. The Hall–Kier alpha value is -1.55. The zero-order valence-electron chi connectivity index (χ0n) is 16.7. The Morgan fingerprint density at radius 1 is 0.889 bits per heavy atom. The quantitative estimate of drug-likeness (QED) is 0.297. The van der Waals surface area contributed by atoms with Crippen molar-refractivity contribution in [1.29, 1.82) is 0 Å². The van der Waals surface area contributed by atoms with Crippen LogP contribution in [0, 0.1) is 5.92 Å². The molecule has 1 aromatic rings. The van der Waals surface area contributed by atoms with Gasteiger partial charge in [0, 0.05) is 24.3 Å². The predicted octanol–water partition coefficient (Wildman–Crippen LogP) is 5.75. The molecule has 0 amide bonds. The molecule has 152 valence electrons. The van der Waals surface area contributed by atoms with Crippen molar-refractivity contribution in [2.45, 2.75) is 71.6 Å². The number of unbranched alkanes of at least 4 members (excludes halogenated alkanes) is 5. The number of halogens is 1. The van der Waals surface area contributed by atoms with Gasteiger partial charge in [0.15, 0.2) is 0 Å². The molecule has 0 aliphatic heterocycles. The van der Waals surface area contributed by atoms with E-state index in [1.165, 1.54) is 0 Å². The minimum atomic E-state index is -0.144. The molecular formula is C22H33ClO4. The molecule has 1 rings (SSSR count). The molecule has 0 unspecified atom stereocenters. The maximum atomic E-state index is 11.7. The van der Waals surface area contributed by atoms with Crippen molar-refractivity contribution in [2.24, 2.45) is 5.92 Å². The van der Waals surface area contributed by atoms with Crippen molar-refractivity contribution in [3.63, 3.8) is 0 Å². The summed E-state index contributed by atoms with van der Waals surface area (Å²) in [4.78, 5) is 23.2. The van der Waals surface area contributed by atoms with Gasteiger partial charge in [-0.2, -0.15) is 0 Å². The van der Waals surface area contributed by atoms with E-state index in [0.29, 0.717) is 43.4 Å². The third-order valence-electron chi connectivity index (χ3n) is 4.18. The van der Waals surface area contributed by atoms with Gasteiger partial charge in [-0.15, -0.1) is 0 Å². The molecule has 0 atom stereocenters. The van der Waals surface area contributed by atoms with Crippen molar-refractivity contribution >= 4 is 23.5 Å². The van der Waals surface area contributed by atoms with E-state index < -0.39 is 0 Å². The number of ether oxygens (including phenoxy) is 2. The van der Waals surface area contributed by atoms with Gasteiger partial charge in [-0.3, -0.25) is 9.59 Å². The highest BCUT2D eigenvalue weighted by Crippen LogP contribution is 2.15. The Morgan fingerprint density at radius 2 is 1.44 bits per heavy atom. The van der Waals surface area contributed by atoms with E-state index in [1.807, 2.05) is 38.1 Å². The second-order valence-electron chi connectivity index (χ2n) is 7.26. The second-order valence-corrected chi connectivity index (χ2v) is 7.67. The summed E-state index contributed by atoms with van der Waals surface area (Å²) in [6.07, 6.45) is 7.53. The Labute approximate surface area is 168 Å². The lowest BCUT2D eigenvalue weighted by molar-refractivity contribution is -0.145. The van der Waals surface area contributed by atoms with E-state index in [0.717, 1.165) is 44.1 Å². The predicted molar refractivity (Wildman–Crippen MR) is 109 cm³/mol. The van der Waals surface area contributed by atoms with Crippen molar-refractivity contribution in [2.75, 3.05) is 13.2 Å². The summed E-state index contributed by atoms with van der Waals surface area (Å²) in [5.41, 5.74) is 1.00. The molecule has 0 N–H and O–H groups in total. The molecule has 0 aliphatic carbocycles. The van der Waals surface area contributed by atoms with Crippen LogP contribution in [-0.2, 0) is 25.5 Å². The summed E-state index contributed by atoms with van der Waals surface area (Å²) < 4.78 is 10.4. The Kier molecular flexibility index (Phi) is 12.6. The number of hydrogen-bond donors (Lipinski definition) is 0. The van der Waals surface area contributed by atoms with E-state index >= 15 is 0 Å².